The Kier molecular flexibility index (Phi) is 4.23. The normalized spacial score (nSPS) is 10.2. The number of carboxylic acid groups (broad SMARTS) is 1. The van der Waals surface area contributed by atoms with E-state index in [2.05, 4.69) is 5.32 Å². The van der Waals surface area contributed by atoms with Gasteiger partial charge >= 0.3 is 5.97 Å². The zero-order valence-electron chi connectivity index (χ0n) is 11.0. The predicted molar refractivity (Wildman–Crippen MR) is 77.5 cm³/mol. The number of aromatic carboxylic acids is 1. The molecular formula is C15H11ClFNO3. The molecule has 2 N–H and O–H groups in total. The first kappa shape index (κ1) is 15.0. The SMILES string of the molecule is Cc1ccc(C(=O)Nc2ccc(C(=O)O)c(Cl)c2)c(F)c1. The number of hydrogen-bond donors (Lipinski definition) is 2. The van der Waals surface area contributed by atoms with Gasteiger partial charge in [0.1, 0.15) is 5.82 Å². The Bertz CT molecular complexity index is 731. The lowest BCUT2D eigenvalue weighted by Gasteiger charge is -2.08. The molecule has 0 aliphatic carbocycles. The van der Waals surface area contributed by atoms with Gasteiger partial charge in [-0.2, -0.15) is 0 Å². The lowest BCUT2D eigenvalue weighted by Crippen LogP contribution is -2.14. The second-order valence-electron chi connectivity index (χ2n) is 4.44. The lowest BCUT2D eigenvalue weighted by atomic mass is 10.1. The Hall–Kier alpha value is -2.40. The molecule has 0 heterocycles. The van der Waals surface area contributed by atoms with Crippen LogP contribution in [-0.2, 0) is 0 Å². The van der Waals surface area contributed by atoms with Crippen molar-refractivity contribution in [3.63, 3.8) is 0 Å². The molecule has 0 atom stereocenters. The Morgan fingerprint density at radius 3 is 2.38 bits per heavy atom. The van der Waals surface area contributed by atoms with Crippen molar-refractivity contribution in [2.45, 2.75) is 6.92 Å². The highest BCUT2D eigenvalue weighted by molar-refractivity contribution is 6.33. The van der Waals surface area contributed by atoms with Crippen LogP contribution in [0.3, 0.4) is 0 Å². The minimum atomic E-state index is -1.16. The molecule has 0 aliphatic rings. The largest absolute Gasteiger partial charge is 0.478 e. The number of anilines is 1. The van der Waals surface area contributed by atoms with E-state index in [0.717, 1.165) is 0 Å². The average Bonchev–Trinajstić information content (AvgIpc) is 2.37. The molecule has 0 unspecified atom stereocenters. The first-order valence-corrected chi connectivity index (χ1v) is 6.36. The van der Waals surface area contributed by atoms with Crippen LogP contribution in [0.25, 0.3) is 0 Å². The summed E-state index contributed by atoms with van der Waals surface area (Å²) in [4.78, 5) is 22.8. The van der Waals surface area contributed by atoms with Crippen molar-refractivity contribution >= 4 is 29.2 Å². The van der Waals surface area contributed by atoms with Crippen LogP contribution in [0.5, 0.6) is 0 Å². The van der Waals surface area contributed by atoms with Gasteiger partial charge in [0.05, 0.1) is 16.1 Å². The quantitative estimate of drug-likeness (QED) is 0.907. The lowest BCUT2D eigenvalue weighted by molar-refractivity contribution is 0.0697. The van der Waals surface area contributed by atoms with Crippen LogP contribution in [0.2, 0.25) is 5.02 Å². The maximum Gasteiger partial charge on any atom is 0.337 e. The molecule has 0 saturated heterocycles. The Balaban J connectivity index is 2.23. The Morgan fingerprint density at radius 1 is 1.14 bits per heavy atom. The van der Waals surface area contributed by atoms with Crippen molar-refractivity contribution in [1.29, 1.82) is 0 Å². The van der Waals surface area contributed by atoms with Crippen LogP contribution in [0.4, 0.5) is 10.1 Å². The number of carbonyl (C=O) groups is 2. The van der Waals surface area contributed by atoms with E-state index in [0.29, 0.717) is 5.56 Å². The second kappa shape index (κ2) is 5.93. The summed E-state index contributed by atoms with van der Waals surface area (Å²) in [6, 6.07) is 8.22. The number of nitrogens with one attached hydrogen (secondary N) is 1. The summed E-state index contributed by atoms with van der Waals surface area (Å²) in [7, 11) is 0. The zero-order valence-corrected chi connectivity index (χ0v) is 11.7. The molecule has 0 saturated carbocycles. The number of benzene rings is 2. The molecule has 21 heavy (non-hydrogen) atoms. The molecule has 2 rings (SSSR count). The third-order valence-corrected chi connectivity index (χ3v) is 3.14. The van der Waals surface area contributed by atoms with Gasteiger partial charge in [-0.05, 0) is 42.8 Å². The first-order chi connectivity index (χ1) is 9.88. The molecule has 0 spiro atoms. The number of carbonyl (C=O) groups excluding carboxylic acids is 1. The summed E-state index contributed by atoms with van der Waals surface area (Å²) >= 11 is 5.80. The number of halogens is 2. The van der Waals surface area contributed by atoms with Crippen LogP contribution in [0, 0.1) is 12.7 Å². The molecule has 2 aromatic carbocycles. The van der Waals surface area contributed by atoms with Crippen molar-refractivity contribution in [3.05, 3.63) is 63.9 Å². The summed E-state index contributed by atoms with van der Waals surface area (Å²) in [5, 5.41) is 11.3. The molecule has 0 aliphatic heterocycles. The summed E-state index contributed by atoms with van der Waals surface area (Å²) in [6.07, 6.45) is 0. The minimum absolute atomic E-state index is 0.00956. The summed E-state index contributed by atoms with van der Waals surface area (Å²) < 4.78 is 13.7. The standard InChI is InChI=1S/C15H11ClFNO3/c1-8-2-4-11(13(17)6-8)14(19)18-9-3-5-10(15(20)21)12(16)7-9/h2-7H,1H3,(H,18,19)(H,20,21). The van der Waals surface area contributed by atoms with Gasteiger partial charge in [-0.25, -0.2) is 9.18 Å². The molecular weight excluding hydrogens is 297 g/mol. The molecule has 0 fully saturated rings. The molecule has 1 amide bonds. The van der Waals surface area contributed by atoms with Gasteiger partial charge in [0, 0.05) is 5.69 Å². The summed E-state index contributed by atoms with van der Waals surface area (Å²) in [5.74, 6) is -2.42. The fraction of sp³-hybridized carbons (Fsp3) is 0.0667. The third-order valence-electron chi connectivity index (χ3n) is 2.83. The minimum Gasteiger partial charge on any atom is -0.478 e. The topological polar surface area (TPSA) is 66.4 Å². The van der Waals surface area contributed by atoms with Crippen molar-refractivity contribution in [1.82, 2.24) is 0 Å². The fourth-order valence-electron chi connectivity index (χ4n) is 1.77. The molecule has 0 bridgehead atoms. The van der Waals surface area contributed by atoms with Gasteiger partial charge < -0.3 is 10.4 Å². The van der Waals surface area contributed by atoms with E-state index < -0.39 is 17.7 Å². The molecule has 4 nitrogen and oxygen atoms in total. The van der Waals surface area contributed by atoms with Crippen LogP contribution < -0.4 is 5.32 Å². The smallest absolute Gasteiger partial charge is 0.337 e. The van der Waals surface area contributed by atoms with Gasteiger partial charge in [-0.3, -0.25) is 4.79 Å². The average molecular weight is 308 g/mol. The van der Waals surface area contributed by atoms with Gasteiger partial charge in [-0.15, -0.1) is 0 Å². The van der Waals surface area contributed by atoms with Gasteiger partial charge in [-0.1, -0.05) is 17.7 Å². The maximum atomic E-state index is 13.7. The highest BCUT2D eigenvalue weighted by Gasteiger charge is 2.14. The zero-order chi connectivity index (χ0) is 15.6. The number of carboxylic acids is 1. The van der Waals surface area contributed by atoms with Crippen molar-refractivity contribution in [3.8, 4) is 0 Å². The van der Waals surface area contributed by atoms with E-state index in [1.807, 2.05) is 0 Å². The number of amides is 1. The van der Waals surface area contributed by atoms with Gasteiger partial charge in [0.15, 0.2) is 0 Å². The fourth-order valence-corrected chi connectivity index (χ4v) is 2.03. The third kappa shape index (κ3) is 3.38. The Labute approximate surface area is 125 Å². The van der Waals surface area contributed by atoms with E-state index in [1.165, 1.54) is 30.3 Å². The monoisotopic (exact) mass is 307 g/mol. The number of hydrogen-bond acceptors (Lipinski definition) is 2. The number of rotatable bonds is 3. The van der Waals surface area contributed by atoms with Crippen molar-refractivity contribution in [2.75, 3.05) is 5.32 Å². The van der Waals surface area contributed by atoms with Crippen molar-refractivity contribution < 1.29 is 19.1 Å². The second-order valence-corrected chi connectivity index (χ2v) is 4.84. The molecule has 0 aromatic heterocycles. The highest BCUT2D eigenvalue weighted by atomic mass is 35.5. The van der Waals surface area contributed by atoms with E-state index in [-0.39, 0.29) is 21.8 Å². The van der Waals surface area contributed by atoms with Crippen LogP contribution >= 0.6 is 11.6 Å². The van der Waals surface area contributed by atoms with E-state index >= 15 is 0 Å². The molecule has 6 heteroatoms. The first-order valence-electron chi connectivity index (χ1n) is 5.99. The maximum absolute atomic E-state index is 13.7. The molecule has 2 aromatic rings. The van der Waals surface area contributed by atoms with E-state index in [9.17, 15) is 14.0 Å². The van der Waals surface area contributed by atoms with Crippen LogP contribution in [0.15, 0.2) is 36.4 Å². The van der Waals surface area contributed by atoms with Crippen LogP contribution in [-0.4, -0.2) is 17.0 Å². The van der Waals surface area contributed by atoms with Crippen LogP contribution in [0.1, 0.15) is 26.3 Å². The summed E-state index contributed by atoms with van der Waals surface area (Å²) in [5.41, 5.74) is 0.822. The number of aryl methyl sites for hydroxylation is 1. The highest BCUT2D eigenvalue weighted by Crippen LogP contribution is 2.22. The van der Waals surface area contributed by atoms with E-state index in [4.69, 9.17) is 16.7 Å². The Morgan fingerprint density at radius 2 is 1.81 bits per heavy atom. The predicted octanol–water partition coefficient (Wildman–Crippen LogP) is 3.74. The van der Waals surface area contributed by atoms with Gasteiger partial charge in [0.2, 0.25) is 0 Å². The summed E-state index contributed by atoms with van der Waals surface area (Å²) in [6.45, 7) is 1.72. The van der Waals surface area contributed by atoms with E-state index in [1.54, 1.807) is 13.0 Å². The molecule has 108 valence electrons. The molecule has 0 radical (unpaired) electrons. The van der Waals surface area contributed by atoms with Gasteiger partial charge in [0.25, 0.3) is 5.91 Å². The van der Waals surface area contributed by atoms with Crippen molar-refractivity contribution in [2.24, 2.45) is 0 Å².